The number of hydrogen-bond acceptors (Lipinski definition) is 4. The molecule has 23 heavy (non-hydrogen) atoms. The predicted octanol–water partition coefficient (Wildman–Crippen LogP) is 3.35. The van der Waals surface area contributed by atoms with Gasteiger partial charge in [-0.2, -0.15) is 0 Å². The van der Waals surface area contributed by atoms with Gasteiger partial charge in [0.25, 0.3) is 5.91 Å². The lowest BCUT2D eigenvalue weighted by molar-refractivity contribution is -0.146. The SMILES string of the molecule is CC(=O)O[C@H](C)c1nc2ccccc2n1C(=O)c1ccccc1. The fraction of sp³-hybridized carbons (Fsp3) is 0.167. The van der Waals surface area contributed by atoms with Gasteiger partial charge in [-0.25, -0.2) is 4.98 Å². The zero-order valence-corrected chi connectivity index (χ0v) is 12.9. The van der Waals surface area contributed by atoms with E-state index in [1.807, 2.05) is 42.5 Å². The highest BCUT2D eigenvalue weighted by Crippen LogP contribution is 2.24. The summed E-state index contributed by atoms with van der Waals surface area (Å²) in [4.78, 5) is 28.6. The summed E-state index contributed by atoms with van der Waals surface area (Å²) >= 11 is 0. The first-order valence-electron chi connectivity index (χ1n) is 7.32. The van der Waals surface area contributed by atoms with Gasteiger partial charge in [0.05, 0.1) is 11.0 Å². The fourth-order valence-electron chi connectivity index (χ4n) is 2.54. The van der Waals surface area contributed by atoms with Crippen LogP contribution in [0.5, 0.6) is 0 Å². The van der Waals surface area contributed by atoms with E-state index in [2.05, 4.69) is 4.98 Å². The zero-order valence-electron chi connectivity index (χ0n) is 12.9. The summed E-state index contributed by atoms with van der Waals surface area (Å²) in [6, 6.07) is 16.3. The Morgan fingerprint density at radius 3 is 2.39 bits per heavy atom. The summed E-state index contributed by atoms with van der Waals surface area (Å²) in [6.45, 7) is 3.04. The van der Waals surface area contributed by atoms with Crippen LogP contribution in [0.25, 0.3) is 11.0 Å². The molecular weight excluding hydrogens is 292 g/mol. The van der Waals surface area contributed by atoms with Crippen molar-refractivity contribution in [2.24, 2.45) is 0 Å². The van der Waals surface area contributed by atoms with E-state index in [1.54, 1.807) is 19.1 Å². The third-order valence-corrected chi connectivity index (χ3v) is 3.52. The van der Waals surface area contributed by atoms with Gasteiger partial charge in [0.15, 0.2) is 11.9 Å². The average molecular weight is 308 g/mol. The van der Waals surface area contributed by atoms with Gasteiger partial charge in [-0.1, -0.05) is 30.3 Å². The molecule has 5 heteroatoms. The molecule has 0 aliphatic heterocycles. The van der Waals surface area contributed by atoms with Crippen molar-refractivity contribution < 1.29 is 14.3 Å². The molecule has 5 nitrogen and oxygen atoms in total. The first-order chi connectivity index (χ1) is 11.1. The number of carbonyl (C=O) groups is 2. The van der Waals surface area contributed by atoms with Crippen molar-refractivity contribution in [3.8, 4) is 0 Å². The third kappa shape index (κ3) is 2.85. The lowest BCUT2D eigenvalue weighted by atomic mass is 10.2. The largest absolute Gasteiger partial charge is 0.455 e. The zero-order chi connectivity index (χ0) is 16.4. The number of aromatic nitrogens is 2. The summed E-state index contributed by atoms with van der Waals surface area (Å²) in [5.74, 6) is -0.202. The molecule has 0 N–H and O–H groups in total. The van der Waals surface area contributed by atoms with E-state index in [1.165, 1.54) is 11.5 Å². The van der Waals surface area contributed by atoms with Crippen molar-refractivity contribution in [1.82, 2.24) is 9.55 Å². The molecule has 1 heterocycles. The summed E-state index contributed by atoms with van der Waals surface area (Å²) in [5, 5.41) is 0. The van der Waals surface area contributed by atoms with E-state index in [9.17, 15) is 9.59 Å². The molecule has 1 atom stereocenters. The molecule has 1 aromatic heterocycles. The highest BCUT2D eigenvalue weighted by molar-refractivity contribution is 6.01. The van der Waals surface area contributed by atoms with Gasteiger partial charge in [-0.3, -0.25) is 14.2 Å². The summed E-state index contributed by atoms with van der Waals surface area (Å²) in [5.41, 5.74) is 1.92. The van der Waals surface area contributed by atoms with Crippen LogP contribution in [0.4, 0.5) is 0 Å². The maximum atomic E-state index is 12.9. The third-order valence-electron chi connectivity index (χ3n) is 3.52. The van der Waals surface area contributed by atoms with Gasteiger partial charge in [0.2, 0.25) is 0 Å². The van der Waals surface area contributed by atoms with Crippen molar-refractivity contribution in [2.45, 2.75) is 20.0 Å². The second kappa shape index (κ2) is 6.04. The van der Waals surface area contributed by atoms with Gasteiger partial charge < -0.3 is 4.74 Å². The molecule has 2 aromatic carbocycles. The van der Waals surface area contributed by atoms with Crippen LogP contribution in [-0.4, -0.2) is 21.4 Å². The van der Waals surface area contributed by atoms with E-state index in [-0.39, 0.29) is 5.91 Å². The Labute approximate surface area is 133 Å². The maximum Gasteiger partial charge on any atom is 0.303 e. The molecule has 0 unspecified atom stereocenters. The Morgan fingerprint density at radius 2 is 1.70 bits per heavy atom. The number of esters is 1. The smallest absolute Gasteiger partial charge is 0.303 e. The predicted molar refractivity (Wildman–Crippen MR) is 86.1 cm³/mol. The highest BCUT2D eigenvalue weighted by atomic mass is 16.5. The molecule has 0 aliphatic rings. The van der Waals surface area contributed by atoms with Crippen molar-refractivity contribution in [1.29, 1.82) is 0 Å². The number of nitrogens with zero attached hydrogens (tertiary/aromatic N) is 2. The second-order valence-corrected chi connectivity index (χ2v) is 5.22. The normalized spacial score (nSPS) is 12.1. The Hall–Kier alpha value is -2.95. The molecule has 0 fully saturated rings. The number of ether oxygens (including phenoxy) is 1. The molecule has 0 amide bonds. The minimum atomic E-state index is -0.618. The topological polar surface area (TPSA) is 61.2 Å². The number of imidazole rings is 1. The number of para-hydroxylation sites is 2. The van der Waals surface area contributed by atoms with Crippen molar-refractivity contribution >= 4 is 22.9 Å². The minimum absolute atomic E-state index is 0.201. The lowest BCUT2D eigenvalue weighted by Gasteiger charge is -2.13. The molecule has 116 valence electrons. The first-order valence-corrected chi connectivity index (χ1v) is 7.32. The molecule has 0 saturated carbocycles. The van der Waals surface area contributed by atoms with Crippen LogP contribution < -0.4 is 0 Å². The fourth-order valence-corrected chi connectivity index (χ4v) is 2.54. The lowest BCUT2D eigenvalue weighted by Crippen LogP contribution is -2.18. The quantitative estimate of drug-likeness (QED) is 0.696. The van der Waals surface area contributed by atoms with Gasteiger partial charge in [0.1, 0.15) is 0 Å². The Bertz CT molecular complexity index is 868. The van der Waals surface area contributed by atoms with Gasteiger partial charge >= 0.3 is 5.97 Å². The molecule has 3 rings (SSSR count). The van der Waals surface area contributed by atoms with Crippen LogP contribution in [0, 0.1) is 0 Å². The summed E-state index contributed by atoms with van der Waals surface area (Å²) in [7, 11) is 0. The second-order valence-electron chi connectivity index (χ2n) is 5.22. The van der Waals surface area contributed by atoms with E-state index in [4.69, 9.17) is 4.74 Å². The van der Waals surface area contributed by atoms with E-state index < -0.39 is 12.1 Å². The number of fused-ring (bicyclic) bond motifs is 1. The number of rotatable bonds is 3. The molecular formula is C18H16N2O3. The molecule has 0 spiro atoms. The highest BCUT2D eigenvalue weighted by Gasteiger charge is 2.23. The van der Waals surface area contributed by atoms with Crippen LogP contribution in [0.3, 0.4) is 0 Å². The van der Waals surface area contributed by atoms with E-state index in [0.29, 0.717) is 22.4 Å². The summed E-state index contributed by atoms with van der Waals surface area (Å²) < 4.78 is 6.73. The monoisotopic (exact) mass is 308 g/mol. The van der Waals surface area contributed by atoms with Gasteiger partial charge in [-0.15, -0.1) is 0 Å². The number of hydrogen-bond donors (Lipinski definition) is 0. The van der Waals surface area contributed by atoms with Crippen LogP contribution in [-0.2, 0) is 9.53 Å². The van der Waals surface area contributed by atoms with E-state index in [0.717, 1.165) is 0 Å². The Balaban J connectivity index is 2.17. The van der Waals surface area contributed by atoms with Crippen LogP contribution in [0.2, 0.25) is 0 Å². The average Bonchev–Trinajstić information content (AvgIpc) is 2.94. The maximum absolute atomic E-state index is 12.9. The molecule has 0 aliphatic carbocycles. The molecule has 0 bridgehead atoms. The number of benzene rings is 2. The summed E-state index contributed by atoms with van der Waals surface area (Å²) in [6.07, 6.45) is -0.618. The van der Waals surface area contributed by atoms with Crippen molar-refractivity contribution in [2.75, 3.05) is 0 Å². The van der Waals surface area contributed by atoms with Gasteiger partial charge in [-0.05, 0) is 31.2 Å². The Morgan fingerprint density at radius 1 is 1.04 bits per heavy atom. The number of carbonyl (C=O) groups excluding carboxylic acids is 2. The van der Waals surface area contributed by atoms with Crippen LogP contribution >= 0.6 is 0 Å². The van der Waals surface area contributed by atoms with Crippen molar-refractivity contribution in [3.63, 3.8) is 0 Å². The molecule has 0 radical (unpaired) electrons. The van der Waals surface area contributed by atoms with Crippen molar-refractivity contribution in [3.05, 3.63) is 66.0 Å². The standard InChI is InChI=1S/C18H16N2O3/c1-12(23-13(2)21)17-19-15-10-6-7-11-16(15)20(17)18(22)14-8-4-3-5-9-14/h3-12H,1-2H3/t12-/m1/s1. The van der Waals surface area contributed by atoms with Crippen LogP contribution in [0.15, 0.2) is 54.6 Å². The van der Waals surface area contributed by atoms with E-state index >= 15 is 0 Å². The van der Waals surface area contributed by atoms with Crippen LogP contribution in [0.1, 0.15) is 36.1 Å². The molecule has 0 saturated heterocycles. The van der Waals surface area contributed by atoms with Gasteiger partial charge in [0, 0.05) is 12.5 Å². The Kier molecular flexibility index (Phi) is 3.93. The first kappa shape index (κ1) is 15.0. The molecule has 3 aromatic rings. The minimum Gasteiger partial charge on any atom is -0.455 e.